The first kappa shape index (κ1) is 30.8. The molecule has 1 aliphatic rings. The van der Waals surface area contributed by atoms with Crippen molar-refractivity contribution in [2.75, 3.05) is 40.3 Å². The number of likely N-dealkylation sites (N-methyl/N-ethyl adjacent to an activating group) is 1. The fraction of sp³-hybridized carbons (Fsp3) is 0.710. The van der Waals surface area contributed by atoms with Gasteiger partial charge in [0.05, 0.1) is 5.56 Å². The van der Waals surface area contributed by atoms with Crippen LogP contribution in [0.5, 0.6) is 0 Å². The predicted molar refractivity (Wildman–Crippen MR) is 158 cm³/mol. The maximum absolute atomic E-state index is 12.8. The molecule has 204 valence electrons. The molecular formula is C31H53N3OS. The number of hydrogen-bond donors (Lipinski definition) is 1. The van der Waals surface area contributed by atoms with E-state index in [1.54, 1.807) is 0 Å². The van der Waals surface area contributed by atoms with Gasteiger partial charge in [-0.3, -0.25) is 9.69 Å². The Morgan fingerprint density at radius 1 is 0.972 bits per heavy atom. The summed E-state index contributed by atoms with van der Waals surface area (Å²) in [6.45, 7) is 9.24. The van der Waals surface area contributed by atoms with Gasteiger partial charge in [-0.1, -0.05) is 69.8 Å². The number of allylic oxidation sites excluding steroid dienone is 4. The van der Waals surface area contributed by atoms with Crippen LogP contribution in [0.25, 0.3) is 0 Å². The number of rotatable bonds is 19. The predicted octanol–water partition coefficient (Wildman–Crippen LogP) is 7.52. The van der Waals surface area contributed by atoms with E-state index in [0.717, 1.165) is 38.0 Å². The molecule has 0 aliphatic carbocycles. The minimum Gasteiger partial charge on any atom is -0.351 e. The van der Waals surface area contributed by atoms with Gasteiger partial charge in [-0.25, -0.2) is 0 Å². The Kier molecular flexibility index (Phi) is 16.0. The fourth-order valence-electron chi connectivity index (χ4n) is 4.89. The van der Waals surface area contributed by atoms with Crippen LogP contribution in [0.2, 0.25) is 0 Å². The van der Waals surface area contributed by atoms with E-state index in [1.807, 2.05) is 25.4 Å². The van der Waals surface area contributed by atoms with Gasteiger partial charge in [-0.05, 0) is 78.1 Å². The number of aryl methyl sites for hydroxylation is 1. The van der Waals surface area contributed by atoms with Gasteiger partial charge in [0.15, 0.2) is 0 Å². The van der Waals surface area contributed by atoms with Crippen LogP contribution in [0.3, 0.4) is 0 Å². The quantitative estimate of drug-likeness (QED) is 0.153. The number of nitrogens with one attached hydrogen (secondary N) is 1. The molecule has 2 heterocycles. The molecule has 0 unspecified atom stereocenters. The second-order valence-corrected chi connectivity index (χ2v) is 11.9. The molecule has 0 aromatic carbocycles. The fourth-order valence-corrected chi connectivity index (χ4v) is 6.15. The van der Waals surface area contributed by atoms with Crippen LogP contribution in [0, 0.1) is 6.92 Å². The highest BCUT2D eigenvalue weighted by molar-refractivity contribution is 7.12. The van der Waals surface area contributed by atoms with Gasteiger partial charge < -0.3 is 10.2 Å². The Morgan fingerprint density at radius 2 is 1.64 bits per heavy atom. The summed E-state index contributed by atoms with van der Waals surface area (Å²) in [5, 5.41) is 3.11. The minimum absolute atomic E-state index is 0.116. The molecule has 2 rings (SSSR count). The third-order valence-corrected chi connectivity index (χ3v) is 8.19. The standard InChI is InChI=1S/C31H53N3OS/c1-5-6-7-8-9-10-11-12-13-14-15-16-17-18-19-20-23-34-24-21-28-29(26-34)36-27(2)30(28)31(35)32-22-25-33(3)4/h9-10,12-13H,5-8,11,14-26H2,1-4H3,(H,32,35)/b10-9-,13-12-. The molecule has 0 saturated heterocycles. The Balaban J connectivity index is 1.52. The molecule has 4 nitrogen and oxygen atoms in total. The molecule has 0 bridgehead atoms. The smallest absolute Gasteiger partial charge is 0.252 e. The number of unbranched alkanes of at least 4 members (excludes halogenated alkanes) is 9. The second-order valence-electron chi connectivity index (χ2n) is 10.6. The van der Waals surface area contributed by atoms with Crippen molar-refractivity contribution in [3.8, 4) is 0 Å². The molecule has 1 N–H and O–H groups in total. The van der Waals surface area contributed by atoms with Crippen molar-refractivity contribution in [3.05, 3.63) is 45.2 Å². The Labute approximate surface area is 226 Å². The van der Waals surface area contributed by atoms with Gasteiger partial charge in [0.1, 0.15) is 0 Å². The third-order valence-electron chi connectivity index (χ3n) is 7.06. The van der Waals surface area contributed by atoms with Crippen molar-refractivity contribution in [1.29, 1.82) is 0 Å². The van der Waals surface area contributed by atoms with Gasteiger partial charge in [-0.15, -0.1) is 11.3 Å². The molecule has 0 atom stereocenters. The highest BCUT2D eigenvalue weighted by Crippen LogP contribution is 2.32. The molecule has 0 fully saturated rings. The van der Waals surface area contributed by atoms with E-state index < -0.39 is 0 Å². The van der Waals surface area contributed by atoms with E-state index in [9.17, 15) is 4.79 Å². The number of fused-ring (bicyclic) bond motifs is 1. The van der Waals surface area contributed by atoms with E-state index in [-0.39, 0.29) is 5.91 Å². The molecule has 1 amide bonds. The maximum atomic E-state index is 12.8. The maximum Gasteiger partial charge on any atom is 0.252 e. The first-order valence-corrected chi connectivity index (χ1v) is 15.4. The number of hydrogen-bond acceptors (Lipinski definition) is 4. The van der Waals surface area contributed by atoms with E-state index in [0.29, 0.717) is 6.54 Å². The molecular weight excluding hydrogens is 462 g/mol. The molecule has 0 spiro atoms. The molecule has 1 aliphatic heterocycles. The lowest BCUT2D eigenvalue weighted by Crippen LogP contribution is -2.34. The van der Waals surface area contributed by atoms with Crippen molar-refractivity contribution in [3.63, 3.8) is 0 Å². The number of nitrogens with zero attached hydrogens (tertiary/aromatic N) is 2. The first-order valence-electron chi connectivity index (χ1n) is 14.6. The Morgan fingerprint density at radius 3 is 2.33 bits per heavy atom. The van der Waals surface area contributed by atoms with E-state index in [2.05, 4.69) is 53.3 Å². The van der Waals surface area contributed by atoms with Crippen LogP contribution >= 0.6 is 11.3 Å². The number of amides is 1. The van der Waals surface area contributed by atoms with Crippen LogP contribution in [-0.2, 0) is 13.0 Å². The van der Waals surface area contributed by atoms with Crippen LogP contribution in [-0.4, -0.2) is 56.0 Å². The minimum atomic E-state index is 0.116. The van der Waals surface area contributed by atoms with Crippen LogP contribution in [0.1, 0.15) is 110 Å². The molecule has 1 aromatic heterocycles. The number of thiophene rings is 1. The van der Waals surface area contributed by atoms with Crippen molar-refractivity contribution >= 4 is 17.2 Å². The Hall–Kier alpha value is -1.43. The summed E-state index contributed by atoms with van der Waals surface area (Å²) in [5.74, 6) is 0.116. The highest BCUT2D eigenvalue weighted by Gasteiger charge is 2.26. The van der Waals surface area contributed by atoms with Crippen LogP contribution in [0.4, 0.5) is 0 Å². The van der Waals surface area contributed by atoms with Gasteiger partial charge in [0.2, 0.25) is 0 Å². The van der Waals surface area contributed by atoms with E-state index in [4.69, 9.17) is 0 Å². The topological polar surface area (TPSA) is 35.6 Å². The summed E-state index contributed by atoms with van der Waals surface area (Å²) in [7, 11) is 4.07. The van der Waals surface area contributed by atoms with Crippen molar-refractivity contribution in [2.45, 2.75) is 104 Å². The van der Waals surface area contributed by atoms with E-state index in [1.165, 1.54) is 92.5 Å². The number of carbonyl (C=O) groups excluding carboxylic acids is 1. The zero-order valence-corrected chi connectivity index (χ0v) is 24.6. The monoisotopic (exact) mass is 515 g/mol. The van der Waals surface area contributed by atoms with Gasteiger partial charge >= 0.3 is 0 Å². The van der Waals surface area contributed by atoms with Gasteiger partial charge in [0.25, 0.3) is 5.91 Å². The van der Waals surface area contributed by atoms with Crippen molar-refractivity contribution in [1.82, 2.24) is 15.1 Å². The lowest BCUT2D eigenvalue weighted by atomic mass is 10.0. The normalized spacial score (nSPS) is 14.4. The average Bonchev–Trinajstić information content (AvgIpc) is 3.18. The molecule has 1 aromatic rings. The number of carbonyl (C=O) groups is 1. The molecule has 5 heteroatoms. The summed E-state index contributed by atoms with van der Waals surface area (Å²) in [6, 6.07) is 0. The third kappa shape index (κ3) is 12.2. The first-order chi connectivity index (χ1) is 17.5. The molecule has 0 saturated carbocycles. The summed E-state index contributed by atoms with van der Waals surface area (Å²) in [5.41, 5.74) is 2.27. The molecule has 0 radical (unpaired) electrons. The zero-order valence-electron chi connectivity index (χ0n) is 23.7. The SMILES string of the molecule is CCCCC/C=C\C/C=C\CCCCCCCCN1CCc2c(sc(C)c2C(=O)NCCN(C)C)C1. The second kappa shape index (κ2) is 18.8. The zero-order chi connectivity index (χ0) is 26.0. The summed E-state index contributed by atoms with van der Waals surface area (Å²) < 4.78 is 0. The summed E-state index contributed by atoms with van der Waals surface area (Å²) in [6.07, 6.45) is 26.0. The summed E-state index contributed by atoms with van der Waals surface area (Å²) in [4.78, 5) is 20.0. The van der Waals surface area contributed by atoms with Crippen molar-refractivity contribution in [2.24, 2.45) is 0 Å². The lowest BCUT2D eigenvalue weighted by Gasteiger charge is -2.27. The Bertz CT molecular complexity index is 796. The van der Waals surface area contributed by atoms with E-state index >= 15 is 0 Å². The lowest BCUT2D eigenvalue weighted by molar-refractivity contribution is 0.0949. The molecule has 36 heavy (non-hydrogen) atoms. The van der Waals surface area contributed by atoms with Crippen LogP contribution < -0.4 is 5.32 Å². The van der Waals surface area contributed by atoms with Gasteiger partial charge in [0, 0.05) is 35.9 Å². The summed E-state index contributed by atoms with van der Waals surface area (Å²) >= 11 is 1.83. The highest BCUT2D eigenvalue weighted by atomic mass is 32.1. The largest absolute Gasteiger partial charge is 0.351 e. The average molecular weight is 516 g/mol. The van der Waals surface area contributed by atoms with Gasteiger partial charge in [-0.2, -0.15) is 0 Å². The van der Waals surface area contributed by atoms with Crippen molar-refractivity contribution < 1.29 is 4.79 Å². The van der Waals surface area contributed by atoms with Crippen LogP contribution in [0.15, 0.2) is 24.3 Å².